The molecule has 0 fully saturated rings. The molecule has 0 aliphatic heterocycles. The van der Waals surface area contributed by atoms with E-state index < -0.39 is 0 Å². The van der Waals surface area contributed by atoms with Crippen LogP contribution in [0.15, 0.2) is 84.9 Å². The Morgan fingerprint density at radius 3 is 1.56 bits per heavy atom. The SMILES string of the molecule is S=C(NNC(=S)Nc1ccc(Oc2ccccc2)cc1)Nc1ccccc1. The highest BCUT2D eigenvalue weighted by Crippen LogP contribution is 2.22. The van der Waals surface area contributed by atoms with Gasteiger partial charge in [0.15, 0.2) is 10.2 Å². The second-order valence-electron chi connectivity index (χ2n) is 5.46. The Bertz CT molecular complexity index is 887. The number of nitrogens with one attached hydrogen (secondary N) is 4. The molecule has 0 radical (unpaired) electrons. The molecule has 0 spiro atoms. The monoisotopic (exact) mass is 394 g/mol. The van der Waals surface area contributed by atoms with Crippen molar-refractivity contribution in [1.29, 1.82) is 0 Å². The first-order valence-electron chi connectivity index (χ1n) is 8.21. The minimum atomic E-state index is 0.393. The molecule has 0 amide bonds. The number of hydrogen-bond donors (Lipinski definition) is 4. The molecule has 5 nitrogen and oxygen atoms in total. The van der Waals surface area contributed by atoms with Crippen LogP contribution in [-0.2, 0) is 0 Å². The number of hydrazine groups is 1. The maximum absolute atomic E-state index is 5.76. The molecule has 0 aliphatic carbocycles. The minimum Gasteiger partial charge on any atom is -0.457 e. The average molecular weight is 395 g/mol. The van der Waals surface area contributed by atoms with Crippen LogP contribution in [0.5, 0.6) is 11.5 Å². The first-order chi connectivity index (χ1) is 13.2. The fourth-order valence-corrected chi connectivity index (χ4v) is 2.53. The Hall–Kier alpha value is -3.16. The summed E-state index contributed by atoms with van der Waals surface area (Å²) in [5, 5.41) is 6.92. The van der Waals surface area contributed by atoms with Crippen LogP contribution in [0.25, 0.3) is 0 Å². The van der Waals surface area contributed by atoms with Gasteiger partial charge in [-0.05, 0) is 73.0 Å². The highest BCUT2D eigenvalue weighted by atomic mass is 32.1. The van der Waals surface area contributed by atoms with E-state index in [4.69, 9.17) is 29.2 Å². The molecule has 0 saturated carbocycles. The molecule has 3 aromatic rings. The summed E-state index contributed by atoms with van der Waals surface area (Å²) in [6.45, 7) is 0. The lowest BCUT2D eigenvalue weighted by atomic mass is 10.3. The van der Waals surface area contributed by atoms with Gasteiger partial charge in [0.05, 0.1) is 0 Å². The third kappa shape index (κ3) is 6.25. The molecule has 3 rings (SSSR count). The molecule has 0 atom stereocenters. The number of thiocarbonyl (C=S) groups is 2. The third-order valence-electron chi connectivity index (χ3n) is 3.41. The summed E-state index contributed by atoms with van der Waals surface area (Å²) >= 11 is 10.5. The molecule has 136 valence electrons. The fraction of sp³-hybridized carbons (Fsp3) is 0. The van der Waals surface area contributed by atoms with Crippen LogP contribution >= 0.6 is 24.4 Å². The molecule has 27 heavy (non-hydrogen) atoms. The van der Waals surface area contributed by atoms with Gasteiger partial charge in [-0.25, -0.2) is 0 Å². The van der Waals surface area contributed by atoms with Gasteiger partial charge in [0.1, 0.15) is 11.5 Å². The van der Waals surface area contributed by atoms with Crippen molar-refractivity contribution in [1.82, 2.24) is 10.9 Å². The number of para-hydroxylation sites is 2. The van der Waals surface area contributed by atoms with E-state index in [0.29, 0.717) is 10.2 Å². The highest BCUT2D eigenvalue weighted by molar-refractivity contribution is 7.81. The number of anilines is 2. The van der Waals surface area contributed by atoms with Crippen molar-refractivity contribution in [2.75, 3.05) is 10.6 Å². The maximum Gasteiger partial charge on any atom is 0.189 e. The Morgan fingerprint density at radius 1 is 0.556 bits per heavy atom. The third-order valence-corrected chi connectivity index (χ3v) is 3.82. The summed E-state index contributed by atoms with van der Waals surface area (Å²) < 4.78 is 5.76. The van der Waals surface area contributed by atoms with Crippen LogP contribution in [0, 0.1) is 0 Å². The van der Waals surface area contributed by atoms with Crippen LogP contribution in [0.1, 0.15) is 0 Å². The lowest BCUT2D eigenvalue weighted by molar-refractivity contribution is 0.483. The Morgan fingerprint density at radius 2 is 1.00 bits per heavy atom. The first kappa shape index (κ1) is 18.6. The zero-order chi connectivity index (χ0) is 18.9. The van der Waals surface area contributed by atoms with E-state index in [9.17, 15) is 0 Å². The predicted octanol–water partition coefficient (Wildman–Crippen LogP) is 4.67. The summed E-state index contributed by atoms with van der Waals surface area (Å²) in [4.78, 5) is 0. The quantitative estimate of drug-likeness (QED) is 0.379. The van der Waals surface area contributed by atoms with Crippen LogP contribution in [-0.4, -0.2) is 10.2 Å². The molecule has 7 heteroatoms. The van der Waals surface area contributed by atoms with Gasteiger partial charge in [0, 0.05) is 11.4 Å². The number of hydrogen-bond acceptors (Lipinski definition) is 3. The normalized spacial score (nSPS) is 9.78. The molecule has 0 saturated heterocycles. The zero-order valence-electron chi connectivity index (χ0n) is 14.3. The number of ether oxygens (including phenoxy) is 1. The summed E-state index contributed by atoms with van der Waals surface area (Å²) in [6, 6.07) is 26.8. The summed E-state index contributed by atoms with van der Waals surface area (Å²) in [5.41, 5.74) is 7.40. The van der Waals surface area contributed by atoms with Crippen molar-refractivity contribution in [2.45, 2.75) is 0 Å². The van der Waals surface area contributed by atoms with Gasteiger partial charge in [-0.2, -0.15) is 0 Å². The second-order valence-corrected chi connectivity index (χ2v) is 6.28. The minimum absolute atomic E-state index is 0.393. The molecule has 4 N–H and O–H groups in total. The van der Waals surface area contributed by atoms with E-state index in [0.717, 1.165) is 22.9 Å². The van der Waals surface area contributed by atoms with Crippen LogP contribution in [0.3, 0.4) is 0 Å². The van der Waals surface area contributed by atoms with Crippen molar-refractivity contribution in [3.8, 4) is 11.5 Å². The smallest absolute Gasteiger partial charge is 0.189 e. The molecule has 0 aromatic heterocycles. The van der Waals surface area contributed by atoms with Crippen LogP contribution in [0.4, 0.5) is 11.4 Å². The predicted molar refractivity (Wildman–Crippen MR) is 118 cm³/mol. The van der Waals surface area contributed by atoms with Gasteiger partial charge in [0.25, 0.3) is 0 Å². The van der Waals surface area contributed by atoms with Crippen molar-refractivity contribution in [3.63, 3.8) is 0 Å². The van der Waals surface area contributed by atoms with Gasteiger partial charge in [-0.3, -0.25) is 10.9 Å². The fourth-order valence-electron chi connectivity index (χ4n) is 2.19. The van der Waals surface area contributed by atoms with Gasteiger partial charge in [0.2, 0.25) is 0 Å². The van der Waals surface area contributed by atoms with Crippen LogP contribution in [0.2, 0.25) is 0 Å². The van der Waals surface area contributed by atoms with E-state index in [-0.39, 0.29) is 0 Å². The maximum atomic E-state index is 5.76. The molecule has 0 aliphatic rings. The van der Waals surface area contributed by atoms with Gasteiger partial charge in [-0.1, -0.05) is 36.4 Å². The Balaban J connectivity index is 1.44. The lowest BCUT2D eigenvalue weighted by Crippen LogP contribution is -2.45. The van der Waals surface area contributed by atoms with Gasteiger partial charge >= 0.3 is 0 Å². The average Bonchev–Trinajstić information content (AvgIpc) is 2.70. The number of benzene rings is 3. The molecular formula is C20H18N4OS2. The zero-order valence-corrected chi connectivity index (χ0v) is 15.9. The molecule has 0 bridgehead atoms. The molecule has 0 unspecified atom stereocenters. The molecule has 3 aromatic carbocycles. The topological polar surface area (TPSA) is 57.3 Å². The van der Waals surface area contributed by atoms with E-state index in [1.807, 2.05) is 84.9 Å². The summed E-state index contributed by atoms with van der Waals surface area (Å²) in [6.07, 6.45) is 0. The van der Waals surface area contributed by atoms with E-state index >= 15 is 0 Å². The lowest BCUT2D eigenvalue weighted by Gasteiger charge is -2.14. The van der Waals surface area contributed by atoms with Gasteiger partial charge < -0.3 is 15.4 Å². The van der Waals surface area contributed by atoms with E-state index in [2.05, 4.69) is 21.5 Å². The van der Waals surface area contributed by atoms with Crippen molar-refractivity contribution in [2.24, 2.45) is 0 Å². The first-order valence-corrected chi connectivity index (χ1v) is 9.03. The van der Waals surface area contributed by atoms with Crippen LogP contribution < -0.4 is 26.2 Å². The largest absolute Gasteiger partial charge is 0.457 e. The Labute approximate surface area is 168 Å². The standard InChI is InChI=1S/C20H18N4OS2/c26-19(21-15-7-3-1-4-8-15)23-24-20(27)22-16-11-13-18(14-12-16)25-17-9-5-2-6-10-17/h1-14H,(H2,21,23,26)(H2,22,24,27). The highest BCUT2D eigenvalue weighted by Gasteiger charge is 2.01. The van der Waals surface area contributed by atoms with Crippen molar-refractivity contribution in [3.05, 3.63) is 84.9 Å². The molecular weight excluding hydrogens is 376 g/mol. The molecule has 0 heterocycles. The Kier molecular flexibility index (Phi) is 6.56. The number of rotatable bonds is 4. The second kappa shape index (κ2) is 9.51. The van der Waals surface area contributed by atoms with Crippen molar-refractivity contribution >= 4 is 46.0 Å². The summed E-state index contributed by atoms with van der Waals surface area (Å²) in [7, 11) is 0. The van der Waals surface area contributed by atoms with E-state index in [1.54, 1.807) is 0 Å². The van der Waals surface area contributed by atoms with E-state index in [1.165, 1.54) is 0 Å². The van der Waals surface area contributed by atoms with Crippen molar-refractivity contribution < 1.29 is 4.74 Å². The summed E-state index contributed by atoms with van der Waals surface area (Å²) in [5.74, 6) is 1.54. The van der Waals surface area contributed by atoms with Gasteiger partial charge in [-0.15, -0.1) is 0 Å².